The van der Waals surface area contributed by atoms with Crippen molar-refractivity contribution in [3.05, 3.63) is 29.3 Å². The van der Waals surface area contributed by atoms with E-state index in [9.17, 15) is 4.79 Å². The number of carbonyl (C=O) groups excluding carboxylic acids is 1. The number of carbonyl (C=O) groups is 1. The number of likely N-dealkylation sites (N-methyl/N-ethyl adjacent to an activating group) is 1. The first kappa shape index (κ1) is 16.8. The first-order valence-corrected chi connectivity index (χ1v) is 7.64. The predicted molar refractivity (Wildman–Crippen MR) is 87.2 cm³/mol. The predicted octanol–water partition coefficient (Wildman–Crippen LogP) is 3.13. The van der Waals surface area contributed by atoms with Gasteiger partial charge in [-0.2, -0.15) is 0 Å². The summed E-state index contributed by atoms with van der Waals surface area (Å²) in [7, 11) is 1.75. The van der Waals surface area contributed by atoms with Gasteiger partial charge in [0.15, 0.2) is 6.29 Å². The largest absolute Gasteiger partial charge is 0.348 e. The molecule has 1 aliphatic heterocycles. The van der Waals surface area contributed by atoms with Gasteiger partial charge in [-0.25, -0.2) is 4.79 Å². The van der Waals surface area contributed by atoms with Crippen LogP contribution in [0.2, 0.25) is 0 Å². The molecule has 1 fully saturated rings. The zero-order valence-electron chi connectivity index (χ0n) is 14.1. The number of benzene rings is 1. The van der Waals surface area contributed by atoms with Gasteiger partial charge in [-0.05, 0) is 23.5 Å². The lowest BCUT2D eigenvalue weighted by molar-refractivity contribution is -0.0518. The standard InChI is InChI=1S/C17H26N2O3/c1-12-7-6-8-13(17(2,3)4)15(12)18-16(20)19(5)11-14-21-9-10-22-14/h6-8,14H,9-11H2,1-5H3,(H,18,20). The van der Waals surface area contributed by atoms with Gasteiger partial charge in [0.1, 0.15) is 0 Å². The van der Waals surface area contributed by atoms with E-state index in [-0.39, 0.29) is 17.7 Å². The molecule has 1 heterocycles. The number of aryl methyl sites for hydroxylation is 1. The highest BCUT2D eigenvalue weighted by Crippen LogP contribution is 2.32. The fourth-order valence-corrected chi connectivity index (χ4v) is 2.48. The van der Waals surface area contributed by atoms with E-state index in [1.165, 1.54) is 0 Å². The molecule has 22 heavy (non-hydrogen) atoms. The first-order valence-electron chi connectivity index (χ1n) is 7.64. The second kappa shape index (κ2) is 6.67. The zero-order valence-corrected chi connectivity index (χ0v) is 14.1. The molecule has 122 valence electrons. The Kier molecular flexibility index (Phi) is 5.08. The van der Waals surface area contributed by atoms with Crippen LogP contribution in [0.1, 0.15) is 31.9 Å². The zero-order chi connectivity index (χ0) is 16.3. The highest BCUT2D eigenvalue weighted by atomic mass is 16.7. The minimum atomic E-state index is -0.324. The van der Waals surface area contributed by atoms with E-state index in [1.54, 1.807) is 11.9 Å². The van der Waals surface area contributed by atoms with Crippen molar-refractivity contribution >= 4 is 11.7 Å². The molecule has 0 unspecified atom stereocenters. The Morgan fingerprint density at radius 2 is 1.95 bits per heavy atom. The monoisotopic (exact) mass is 306 g/mol. The SMILES string of the molecule is Cc1cccc(C(C)(C)C)c1NC(=O)N(C)CC1OCCO1. The summed E-state index contributed by atoms with van der Waals surface area (Å²) in [6, 6.07) is 5.94. The van der Waals surface area contributed by atoms with Crippen LogP contribution in [0, 0.1) is 6.92 Å². The lowest BCUT2D eigenvalue weighted by Crippen LogP contribution is -2.38. The molecular weight excluding hydrogens is 280 g/mol. The van der Waals surface area contributed by atoms with E-state index in [1.807, 2.05) is 19.1 Å². The molecule has 1 N–H and O–H groups in total. The maximum Gasteiger partial charge on any atom is 0.321 e. The van der Waals surface area contributed by atoms with Crippen molar-refractivity contribution in [3.63, 3.8) is 0 Å². The molecule has 0 spiro atoms. The van der Waals surface area contributed by atoms with Gasteiger partial charge in [0, 0.05) is 12.7 Å². The number of anilines is 1. The minimum absolute atomic E-state index is 0.0368. The highest BCUT2D eigenvalue weighted by molar-refractivity contribution is 5.91. The Morgan fingerprint density at radius 3 is 2.55 bits per heavy atom. The summed E-state index contributed by atoms with van der Waals surface area (Å²) in [6.45, 7) is 10.0. The van der Waals surface area contributed by atoms with Gasteiger partial charge in [-0.3, -0.25) is 0 Å². The van der Waals surface area contributed by atoms with E-state index in [4.69, 9.17) is 9.47 Å². The van der Waals surface area contributed by atoms with Gasteiger partial charge in [0.05, 0.1) is 19.8 Å². The molecule has 0 radical (unpaired) electrons. The van der Waals surface area contributed by atoms with Crippen molar-refractivity contribution in [1.29, 1.82) is 0 Å². The fraction of sp³-hybridized carbons (Fsp3) is 0.588. The number of hydrogen-bond donors (Lipinski definition) is 1. The summed E-state index contributed by atoms with van der Waals surface area (Å²) in [5.41, 5.74) is 3.04. The average Bonchev–Trinajstić information content (AvgIpc) is 2.92. The number of nitrogens with one attached hydrogen (secondary N) is 1. The molecule has 2 rings (SSSR count). The molecular formula is C17H26N2O3. The summed E-state index contributed by atoms with van der Waals surface area (Å²) < 4.78 is 10.8. The molecule has 1 aromatic rings. The Hall–Kier alpha value is -1.59. The number of amides is 2. The van der Waals surface area contributed by atoms with E-state index < -0.39 is 0 Å². The number of hydrogen-bond acceptors (Lipinski definition) is 3. The molecule has 0 aliphatic carbocycles. The number of nitrogens with zero attached hydrogens (tertiary/aromatic N) is 1. The van der Waals surface area contributed by atoms with Crippen LogP contribution in [0.15, 0.2) is 18.2 Å². The second-order valence-electron chi connectivity index (χ2n) is 6.73. The summed E-state index contributed by atoms with van der Waals surface area (Å²) in [5.74, 6) is 0. The summed E-state index contributed by atoms with van der Waals surface area (Å²) >= 11 is 0. The molecule has 0 bridgehead atoms. The van der Waals surface area contributed by atoms with Crippen LogP contribution < -0.4 is 5.32 Å². The maximum atomic E-state index is 12.4. The van der Waals surface area contributed by atoms with Crippen molar-refractivity contribution in [2.75, 3.05) is 32.1 Å². The second-order valence-corrected chi connectivity index (χ2v) is 6.73. The molecule has 1 aliphatic rings. The lowest BCUT2D eigenvalue weighted by atomic mass is 9.84. The van der Waals surface area contributed by atoms with Crippen LogP contribution in [-0.4, -0.2) is 44.0 Å². The Bertz CT molecular complexity index is 531. The van der Waals surface area contributed by atoms with Gasteiger partial charge in [0.2, 0.25) is 0 Å². The van der Waals surface area contributed by atoms with Crippen LogP contribution in [0.3, 0.4) is 0 Å². The third kappa shape index (κ3) is 3.99. The number of ether oxygens (including phenoxy) is 2. The van der Waals surface area contributed by atoms with Crippen LogP contribution in [0.25, 0.3) is 0 Å². The van der Waals surface area contributed by atoms with Crippen molar-refractivity contribution in [1.82, 2.24) is 4.90 Å². The maximum absolute atomic E-state index is 12.4. The number of para-hydroxylation sites is 1. The normalized spacial score (nSPS) is 15.9. The van der Waals surface area contributed by atoms with Gasteiger partial charge in [-0.1, -0.05) is 39.0 Å². The Labute approximate surface area is 132 Å². The average molecular weight is 306 g/mol. The molecule has 0 saturated carbocycles. The lowest BCUT2D eigenvalue weighted by Gasteiger charge is -2.26. The fourth-order valence-electron chi connectivity index (χ4n) is 2.48. The first-order chi connectivity index (χ1) is 10.3. The Morgan fingerprint density at radius 1 is 1.32 bits per heavy atom. The van der Waals surface area contributed by atoms with Crippen LogP contribution >= 0.6 is 0 Å². The number of urea groups is 1. The van der Waals surface area contributed by atoms with Gasteiger partial charge < -0.3 is 19.7 Å². The highest BCUT2D eigenvalue weighted by Gasteiger charge is 2.23. The number of rotatable bonds is 3. The summed E-state index contributed by atoms with van der Waals surface area (Å²) in [6.07, 6.45) is -0.324. The van der Waals surface area contributed by atoms with Crippen molar-refractivity contribution in [2.24, 2.45) is 0 Å². The van der Waals surface area contributed by atoms with Crippen LogP contribution in [0.4, 0.5) is 10.5 Å². The van der Waals surface area contributed by atoms with E-state index >= 15 is 0 Å². The van der Waals surface area contributed by atoms with Crippen molar-refractivity contribution in [3.8, 4) is 0 Å². The molecule has 1 saturated heterocycles. The van der Waals surface area contributed by atoms with Gasteiger partial charge >= 0.3 is 6.03 Å². The summed E-state index contributed by atoms with van der Waals surface area (Å²) in [5, 5.41) is 3.03. The van der Waals surface area contributed by atoms with E-state index in [0.29, 0.717) is 19.8 Å². The van der Waals surface area contributed by atoms with Crippen molar-refractivity contribution < 1.29 is 14.3 Å². The quantitative estimate of drug-likeness (QED) is 0.933. The minimum Gasteiger partial charge on any atom is -0.348 e. The molecule has 0 aromatic heterocycles. The third-order valence-electron chi connectivity index (χ3n) is 3.77. The van der Waals surface area contributed by atoms with Crippen LogP contribution in [-0.2, 0) is 14.9 Å². The molecule has 1 aromatic carbocycles. The molecule has 2 amide bonds. The topological polar surface area (TPSA) is 50.8 Å². The van der Waals surface area contributed by atoms with Crippen molar-refractivity contribution in [2.45, 2.75) is 39.4 Å². The molecule has 5 heteroatoms. The molecule has 0 atom stereocenters. The smallest absolute Gasteiger partial charge is 0.321 e. The Balaban J connectivity index is 2.10. The van der Waals surface area contributed by atoms with Crippen LogP contribution in [0.5, 0.6) is 0 Å². The third-order valence-corrected chi connectivity index (χ3v) is 3.77. The van der Waals surface area contributed by atoms with Gasteiger partial charge in [0.25, 0.3) is 0 Å². The molecule has 5 nitrogen and oxygen atoms in total. The van der Waals surface area contributed by atoms with Gasteiger partial charge in [-0.15, -0.1) is 0 Å². The summed E-state index contributed by atoms with van der Waals surface area (Å²) in [4.78, 5) is 14.0. The van der Waals surface area contributed by atoms with E-state index in [0.717, 1.165) is 16.8 Å². The van der Waals surface area contributed by atoms with E-state index in [2.05, 4.69) is 32.2 Å².